The highest BCUT2D eigenvalue weighted by atomic mass is 35.5. The quantitative estimate of drug-likeness (QED) is 0.454. The van der Waals surface area contributed by atoms with Crippen molar-refractivity contribution in [3.63, 3.8) is 0 Å². The zero-order valence-electron chi connectivity index (χ0n) is 18.2. The molecule has 0 saturated carbocycles. The number of amides is 1. The summed E-state index contributed by atoms with van der Waals surface area (Å²) in [6.45, 7) is 6.46. The molecule has 2 aliphatic rings. The molecule has 2 aliphatic heterocycles. The van der Waals surface area contributed by atoms with Gasteiger partial charge >= 0.3 is 0 Å². The fourth-order valence-corrected chi connectivity index (χ4v) is 4.35. The zero-order valence-corrected chi connectivity index (χ0v) is 18.9. The van der Waals surface area contributed by atoms with Gasteiger partial charge in [0.25, 0.3) is 0 Å². The van der Waals surface area contributed by atoms with Crippen molar-refractivity contribution in [3.8, 4) is 11.3 Å². The van der Waals surface area contributed by atoms with E-state index in [1.807, 2.05) is 36.4 Å². The van der Waals surface area contributed by atoms with E-state index in [0.29, 0.717) is 17.3 Å². The molecular weight excluding hydrogens is 412 g/mol. The predicted molar refractivity (Wildman–Crippen MR) is 124 cm³/mol. The van der Waals surface area contributed by atoms with Crippen LogP contribution in [0.3, 0.4) is 0 Å². The Morgan fingerprint density at radius 3 is 2.61 bits per heavy atom. The Morgan fingerprint density at radius 1 is 1.06 bits per heavy atom. The Labute approximate surface area is 189 Å². The summed E-state index contributed by atoms with van der Waals surface area (Å²) in [7, 11) is 2.18. The van der Waals surface area contributed by atoms with E-state index in [9.17, 15) is 4.79 Å². The van der Waals surface area contributed by atoms with Crippen molar-refractivity contribution in [2.45, 2.75) is 25.7 Å². The summed E-state index contributed by atoms with van der Waals surface area (Å²) in [5, 5.41) is 6.67. The highest BCUT2D eigenvalue weighted by Gasteiger charge is 2.31. The fraction of sp³-hybridized carbons (Fsp3) is 0.500. The third-order valence-electron chi connectivity index (χ3n) is 6.25. The Morgan fingerprint density at radius 2 is 1.84 bits per heavy atom. The lowest BCUT2D eigenvalue weighted by Crippen LogP contribution is -2.44. The molecule has 0 N–H and O–H groups in total. The Hall–Kier alpha value is -2.15. The summed E-state index contributed by atoms with van der Waals surface area (Å²) in [6, 6.07) is 11.3. The first-order chi connectivity index (χ1) is 15.1. The van der Waals surface area contributed by atoms with Crippen molar-refractivity contribution in [2.75, 3.05) is 46.3 Å². The van der Waals surface area contributed by atoms with Crippen LogP contribution >= 0.6 is 11.6 Å². The van der Waals surface area contributed by atoms with E-state index < -0.39 is 0 Å². The number of carbonyl (C=O) groups excluding carboxylic acids is 1. The molecule has 1 aromatic heterocycles. The van der Waals surface area contributed by atoms with Crippen LogP contribution in [0.15, 0.2) is 45.9 Å². The van der Waals surface area contributed by atoms with Gasteiger partial charge < -0.3 is 14.2 Å². The Bertz CT molecular complexity index is 887. The summed E-state index contributed by atoms with van der Waals surface area (Å²) in [5.41, 5.74) is 0.956. The number of unbranched alkanes of at least 4 members (excludes halogenated alkanes) is 1. The van der Waals surface area contributed by atoms with Crippen LogP contribution in [0, 0.1) is 5.92 Å². The second-order valence-electron chi connectivity index (χ2n) is 8.54. The maximum atomic E-state index is 12.7. The van der Waals surface area contributed by atoms with Gasteiger partial charge in [0.15, 0.2) is 0 Å². The number of hydrogen-bond acceptors (Lipinski definition) is 5. The number of hydrazone groups is 1. The SMILES string of the molecule is CN1CCN(CCCCC2CCN(N=Cc3ccc(-c4ccc(Cl)cc4)o3)C2=O)CC1. The molecule has 2 fully saturated rings. The van der Waals surface area contributed by atoms with Gasteiger partial charge in [0, 0.05) is 49.2 Å². The first kappa shape index (κ1) is 22.1. The molecular formula is C24H31ClN4O2. The Balaban J connectivity index is 1.21. The molecule has 0 radical (unpaired) electrons. The maximum Gasteiger partial charge on any atom is 0.245 e. The van der Waals surface area contributed by atoms with Crippen LogP contribution in [0.4, 0.5) is 0 Å². The first-order valence-electron chi connectivity index (χ1n) is 11.2. The summed E-state index contributed by atoms with van der Waals surface area (Å²) < 4.78 is 5.84. The third kappa shape index (κ3) is 5.97. The summed E-state index contributed by atoms with van der Waals surface area (Å²) >= 11 is 5.94. The monoisotopic (exact) mass is 442 g/mol. The van der Waals surface area contributed by atoms with Gasteiger partial charge in [0.1, 0.15) is 11.5 Å². The van der Waals surface area contributed by atoms with Gasteiger partial charge in [-0.15, -0.1) is 0 Å². The second kappa shape index (κ2) is 10.4. The normalized spacial score (nSPS) is 20.9. The molecule has 2 aromatic rings. The number of likely N-dealkylation sites (N-methyl/N-ethyl adjacent to an activating group) is 1. The number of furan rings is 1. The van der Waals surface area contributed by atoms with Crippen LogP contribution < -0.4 is 0 Å². The molecule has 1 atom stereocenters. The van der Waals surface area contributed by atoms with Crippen molar-refractivity contribution < 1.29 is 9.21 Å². The van der Waals surface area contributed by atoms with Crippen molar-refractivity contribution in [1.82, 2.24) is 14.8 Å². The minimum absolute atomic E-state index is 0.103. The highest BCUT2D eigenvalue weighted by Crippen LogP contribution is 2.25. The van der Waals surface area contributed by atoms with E-state index in [1.165, 1.54) is 0 Å². The minimum Gasteiger partial charge on any atom is -0.455 e. The lowest BCUT2D eigenvalue weighted by Gasteiger charge is -2.32. The average molecular weight is 443 g/mol. The average Bonchev–Trinajstić information content (AvgIpc) is 3.38. The van der Waals surface area contributed by atoms with Gasteiger partial charge in [0.05, 0.1) is 6.21 Å². The maximum absolute atomic E-state index is 12.7. The van der Waals surface area contributed by atoms with Crippen molar-refractivity contribution in [3.05, 3.63) is 47.2 Å². The van der Waals surface area contributed by atoms with Gasteiger partial charge in [-0.05, 0) is 69.3 Å². The second-order valence-corrected chi connectivity index (χ2v) is 8.98. The molecule has 1 unspecified atom stereocenters. The number of rotatable bonds is 8. The number of piperazine rings is 1. The lowest BCUT2D eigenvalue weighted by atomic mass is 10.0. The number of halogens is 1. The molecule has 166 valence electrons. The van der Waals surface area contributed by atoms with Gasteiger partial charge in [-0.25, -0.2) is 5.01 Å². The zero-order chi connectivity index (χ0) is 21.6. The van der Waals surface area contributed by atoms with E-state index in [4.69, 9.17) is 16.0 Å². The van der Waals surface area contributed by atoms with E-state index >= 15 is 0 Å². The van der Waals surface area contributed by atoms with Crippen LogP contribution in [-0.4, -0.2) is 73.2 Å². The van der Waals surface area contributed by atoms with Crippen LogP contribution in [0.5, 0.6) is 0 Å². The van der Waals surface area contributed by atoms with Crippen molar-refractivity contribution in [1.29, 1.82) is 0 Å². The number of carbonyl (C=O) groups is 1. The molecule has 3 heterocycles. The molecule has 31 heavy (non-hydrogen) atoms. The summed E-state index contributed by atoms with van der Waals surface area (Å²) in [4.78, 5) is 17.6. The molecule has 1 aromatic carbocycles. The summed E-state index contributed by atoms with van der Waals surface area (Å²) in [5.74, 6) is 1.63. The largest absolute Gasteiger partial charge is 0.455 e. The number of nitrogens with zero attached hydrogens (tertiary/aromatic N) is 4. The molecule has 0 aliphatic carbocycles. The van der Waals surface area contributed by atoms with Crippen LogP contribution in [0.25, 0.3) is 11.3 Å². The van der Waals surface area contributed by atoms with Crippen LogP contribution in [0.2, 0.25) is 5.02 Å². The van der Waals surface area contributed by atoms with E-state index in [1.54, 1.807) is 11.2 Å². The smallest absolute Gasteiger partial charge is 0.245 e. The molecule has 0 spiro atoms. The van der Waals surface area contributed by atoms with Crippen molar-refractivity contribution in [2.24, 2.45) is 11.0 Å². The third-order valence-corrected chi connectivity index (χ3v) is 6.50. The van der Waals surface area contributed by atoms with Crippen LogP contribution in [0.1, 0.15) is 31.4 Å². The fourth-order valence-electron chi connectivity index (χ4n) is 4.22. The summed E-state index contributed by atoms with van der Waals surface area (Å²) in [6.07, 6.45) is 5.74. The minimum atomic E-state index is 0.103. The molecule has 0 bridgehead atoms. The Kier molecular flexibility index (Phi) is 7.43. The standard InChI is InChI=1S/C24H31ClN4O2/c1-27-14-16-28(17-15-27)12-3-2-4-20-11-13-29(24(20)30)26-18-22-9-10-23(31-22)19-5-7-21(25)8-6-19/h5-10,18,20H,2-4,11-17H2,1H3. The van der Waals surface area contributed by atoms with Gasteiger partial charge in [-0.1, -0.05) is 18.0 Å². The first-order valence-corrected chi connectivity index (χ1v) is 11.6. The van der Waals surface area contributed by atoms with Gasteiger partial charge in [-0.3, -0.25) is 4.79 Å². The molecule has 1 amide bonds. The highest BCUT2D eigenvalue weighted by molar-refractivity contribution is 6.30. The van der Waals surface area contributed by atoms with Gasteiger partial charge in [-0.2, -0.15) is 5.10 Å². The number of benzene rings is 1. The number of hydrogen-bond donors (Lipinski definition) is 0. The van der Waals surface area contributed by atoms with E-state index in [0.717, 1.165) is 69.7 Å². The molecule has 2 saturated heterocycles. The van der Waals surface area contributed by atoms with Crippen molar-refractivity contribution >= 4 is 23.7 Å². The molecule has 4 rings (SSSR count). The topological polar surface area (TPSA) is 52.3 Å². The molecule has 7 heteroatoms. The lowest BCUT2D eigenvalue weighted by molar-refractivity contribution is -0.131. The molecule has 6 nitrogen and oxygen atoms in total. The predicted octanol–water partition coefficient (Wildman–Crippen LogP) is 4.20. The van der Waals surface area contributed by atoms with Crippen LogP contribution in [-0.2, 0) is 4.79 Å². The van der Waals surface area contributed by atoms with E-state index in [-0.39, 0.29) is 11.8 Å². The van der Waals surface area contributed by atoms with Gasteiger partial charge in [0.2, 0.25) is 5.91 Å². The van der Waals surface area contributed by atoms with E-state index in [2.05, 4.69) is 21.9 Å².